The third-order valence-electron chi connectivity index (χ3n) is 1.91. The van der Waals surface area contributed by atoms with Crippen molar-refractivity contribution in [2.75, 3.05) is 0 Å². The molecule has 0 saturated carbocycles. The maximum atomic E-state index is 11.1. The van der Waals surface area contributed by atoms with E-state index in [1.54, 1.807) is 6.07 Å². The molecule has 0 N–H and O–H groups in total. The molecule has 0 atom stereocenters. The number of nitrogens with zero attached hydrogens (tertiary/aromatic N) is 2. The number of hydrogen-bond donors (Lipinski definition) is 0. The van der Waals surface area contributed by atoms with Gasteiger partial charge >= 0.3 is 0 Å². The quantitative estimate of drug-likeness (QED) is 0.731. The highest BCUT2D eigenvalue weighted by atomic mass is 79.9. The van der Waals surface area contributed by atoms with Crippen LogP contribution in [0.3, 0.4) is 0 Å². The topological polar surface area (TPSA) is 42.9 Å². The SMILES string of the molecule is CC(=O)c1cc2cc(Br)ccc2nn1. The zero-order chi connectivity index (χ0) is 10.1. The van der Waals surface area contributed by atoms with E-state index in [0.717, 1.165) is 15.4 Å². The number of carbonyl (C=O) groups excluding carboxylic acids is 1. The number of aromatic nitrogens is 2. The predicted octanol–water partition coefficient (Wildman–Crippen LogP) is 2.59. The van der Waals surface area contributed by atoms with Crippen molar-refractivity contribution in [1.29, 1.82) is 0 Å². The summed E-state index contributed by atoms with van der Waals surface area (Å²) in [4.78, 5) is 11.1. The van der Waals surface area contributed by atoms with Crippen LogP contribution in [0.25, 0.3) is 10.9 Å². The number of hydrogen-bond acceptors (Lipinski definition) is 3. The third-order valence-corrected chi connectivity index (χ3v) is 2.40. The van der Waals surface area contributed by atoms with Gasteiger partial charge < -0.3 is 0 Å². The maximum Gasteiger partial charge on any atom is 0.180 e. The lowest BCUT2D eigenvalue weighted by Gasteiger charge is -1.98. The van der Waals surface area contributed by atoms with Crippen molar-refractivity contribution >= 4 is 32.6 Å². The highest BCUT2D eigenvalue weighted by Crippen LogP contribution is 2.18. The van der Waals surface area contributed by atoms with Gasteiger partial charge in [0.05, 0.1) is 5.52 Å². The van der Waals surface area contributed by atoms with Gasteiger partial charge in [0.15, 0.2) is 5.78 Å². The van der Waals surface area contributed by atoms with Gasteiger partial charge in [-0.25, -0.2) is 0 Å². The van der Waals surface area contributed by atoms with Crippen LogP contribution in [0.15, 0.2) is 28.7 Å². The number of carbonyl (C=O) groups is 1. The number of halogens is 1. The van der Waals surface area contributed by atoms with E-state index in [9.17, 15) is 4.79 Å². The van der Waals surface area contributed by atoms with Crippen molar-refractivity contribution in [2.24, 2.45) is 0 Å². The molecule has 0 unspecified atom stereocenters. The molecule has 0 aliphatic heterocycles. The second kappa shape index (κ2) is 3.46. The fourth-order valence-electron chi connectivity index (χ4n) is 1.19. The molecule has 0 amide bonds. The van der Waals surface area contributed by atoms with Crippen LogP contribution in [0.2, 0.25) is 0 Å². The Labute approximate surface area is 89.3 Å². The average molecular weight is 251 g/mol. The van der Waals surface area contributed by atoms with Crippen LogP contribution >= 0.6 is 15.9 Å². The molecular weight excluding hydrogens is 244 g/mol. The number of rotatable bonds is 1. The highest BCUT2D eigenvalue weighted by Gasteiger charge is 2.03. The average Bonchev–Trinajstić information content (AvgIpc) is 2.16. The number of Topliss-reactive ketones (excluding diaryl/α,β-unsaturated/α-hetero) is 1. The van der Waals surface area contributed by atoms with E-state index in [1.165, 1.54) is 6.92 Å². The summed E-state index contributed by atoms with van der Waals surface area (Å²) < 4.78 is 0.965. The summed E-state index contributed by atoms with van der Waals surface area (Å²) in [6.45, 7) is 1.48. The van der Waals surface area contributed by atoms with Crippen molar-refractivity contribution in [3.63, 3.8) is 0 Å². The van der Waals surface area contributed by atoms with Gasteiger partial charge in [0.25, 0.3) is 0 Å². The molecule has 2 rings (SSSR count). The molecule has 70 valence electrons. The summed E-state index contributed by atoms with van der Waals surface area (Å²) in [7, 11) is 0. The molecule has 0 aliphatic carbocycles. The number of benzene rings is 1. The highest BCUT2D eigenvalue weighted by molar-refractivity contribution is 9.10. The summed E-state index contributed by atoms with van der Waals surface area (Å²) in [5, 5.41) is 8.69. The van der Waals surface area contributed by atoms with Gasteiger partial charge in [-0.15, -0.1) is 10.2 Å². The standard InChI is InChI=1S/C10H7BrN2O/c1-6(14)10-5-7-4-8(11)2-3-9(7)12-13-10/h2-5H,1H3. The molecule has 3 nitrogen and oxygen atoms in total. The van der Waals surface area contributed by atoms with Crippen LogP contribution in [0.1, 0.15) is 17.4 Å². The number of ketones is 1. The summed E-state index contributed by atoms with van der Waals surface area (Å²) >= 11 is 3.36. The van der Waals surface area contributed by atoms with Gasteiger partial charge in [-0.3, -0.25) is 4.79 Å². The smallest absolute Gasteiger partial charge is 0.180 e. The van der Waals surface area contributed by atoms with Crippen LogP contribution in [-0.4, -0.2) is 16.0 Å². The summed E-state index contributed by atoms with van der Waals surface area (Å²) in [6, 6.07) is 7.41. The lowest BCUT2D eigenvalue weighted by Crippen LogP contribution is -1.98. The molecule has 0 fully saturated rings. The molecule has 0 aliphatic rings. The van der Waals surface area contributed by atoms with Crippen molar-refractivity contribution in [3.8, 4) is 0 Å². The Balaban J connectivity index is 2.69. The zero-order valence-electron chi connectivity index (χ0n) is 7.49. The minimum atomic E-state index is -0.0700. The van der Waals surface area contributed by atoms with E-state index < -0.39 is 0 Å². The van der Waals surface area contributed by atoms with Gasteiger partial charge in [0.2, 0.25) is 0 Å². The summed E-state index contributed by atoms with van der Waals surface area (Å²) in [5.74, 6) is -0.0700. The first kappa shape index (κ1) is 9.27. The van der Waals surface area contributed by atoms with E-state index >= 15 is 0 Å². The van der Waals surface area contributed by atoms with Crippen LogP contribution in [0, 0.1) is 0 Å². The monoisotopic (exact) mass is 250 g/mol. The molecule has 1 aromatic heterocycles. The number of fused-ring (bicyclic) bond motifs is 1. The van der Waals surface area contributed by atoms with Gasteiger partial charge in [-0.1, -0.05) is 15.9 Å². The molecule has 2 aromatic rings. The first-order chi connectivity index (χ1) is 6.66. The van der Waals surface area contributed by atoms with Crippen molar-refractivity contribution < 1.29 is 4.79 Å². The van der Waals surface area contributed by atoms with Crippen LogP contribution < -0.4 is 0 Å². The zero-order valence-corrected chi connectivity index (χ0v) is 9.08. The van der Waals surface area contributed by atoms with Gasteiger partial charge in [-0.05, 0) is 24.3 Å². The second-order valence-electron chi connectivity index (χ2n) is 2.99. The summed E-state index contributed by atoms with van der Waals surface area (Å²) in [6.07, 6.45) is 0. The van der Waals surface area contributed by atoms with Crippen LogP contribution in [0.4, 0.5) is 0 Å². The Morgan fingerprint density at radius 2 is 2.07 bits per heavy atom. The lowest BCUT2D eigenvalue weighted by atomic mass is 10.2. The summed E-state index contributed by atoms with van der Waals surface area (Å²) in [5.41, 5.74) is 1.19. The van der Waals surface area contributed by atoms with Gasteiger partial charge in [-0.2, -0.15) is 0 Å². The first-order valence-corrected chi connectivity index (χ1v) is 4.90. The van der Waals surface area contributed by atoms with Crippen LogP contribution in [-0.2, 0) is 0 Å². The molecule has 14 heavy (non-hydrogen) atoms. The molecule has 0 saturated heterocycles. The first-order valence-electron chi connectivity index (χ1n) is 4.11. The van der Waals surface area contributed by atoms with Crippen molar-refractivity contribution in [3.05, 3.63) is 34.4 Å². The molecule has 0 spiro atoms. The van der Waals surface area contributed by atoms with E-state index in [4.69, 9.17) is 0 Å². The van der Waals surface area contributed by atoms with Gasteiger partial charge in [0, 0.05) is 16.8 Å². The Kier molecular flexibility index (Phi) is 2.29. The third kappa shape index (κ3) is 1.65. The van der Waals surface area contributed by atoms with Crippen LogP contribution in [0.5, 0.6) is 0 Å². The van der Waals surface area contributed by atoms with Gasteiger partial charge in [0.1, 0.15) is 5.69 Å². The predicted molar refractivity (Wildman–Crippen MR) is 57.2 cm³/mol. The Hall–Kier alpha value is -1.29. The second-order valence-corrected chi connectivity index (χ2v) is 3.90. The molecule has 0 bridgehead atoms. The molecule has 4 heteroatoms. The Morgan fingerprint density at radius 3 is 2.79 bits per heavy atom. The molecular formula is C10H7BrN2O. The van der Waals surface area contributed by atoms with E-state index in [2.05, 4.69) is 26.1 Å². The van der Waals surface area contributed by atoms with E-state index in [-0.39, 0.29) is 5.78 Å². The molecule has 0 radical (unpaired) electrons. The minimum absolute atomic E-state index is 0.0700. The fourth-order valence-corrected chi connectivity index (χ4v) is 1.57. The normalized spacial score (nSPS) is 10.4. The Bertz CT molecular complexity index is 510. The lowest BCUT2D eigenvalue weighted by molar-refractivity contribution is 0.101. The van der Waals surface area contributed by atoms with Crippen molar-refractivity contribution in [2.45, 2.75) is 6.92 Å². The molecule has 1 aromatic carbocycles. The Morgan fingerprint density at radius 1 is 1.29 bits per heavy atom. The minimum Gasteiger partial charge on any atom is -0.293 e. The molecule has 1 heterocycles. The fraction of sp³-hybridized carbons (Fsp3) is 0.100. The van der Waals surface area contributed by atoms with E-state index in [1.807, 2.05) is 18.2 Å². The van der Waals surface area contributed by atoms with Crippen molar-refractivity contribution in [1.82, 2.24) is 10.2 Å². The largest absolute Gasteiger partial charge is 0.293 e. The van der Waals surface area contributed by atoms with E-state index in [0.29, 0.717) is 5.69 Å². The maximum absolute atomic E-state index is 11.1.